The van der Waals surface area contributed by atoms with Crippen molar-refractivity contribution in [3.05, 3.63) is 64.4 Å². The number of carbonyl (C=O) groups excluding carboxylic acids is 1. The molecule has 0 unspecified atom stereocenters. The first kappa shape index (κ1) is 19.8. The Morgan fingerprint density at radius 1 is 1.25 bits per heavy atom. The quantitative estimate of drug-likeness (QED) is 0.592. The van der Waals surface area contributed by atoms with E-state index in [1.165, 1.54) is 0 Å². The number of aromatic nitrogens is 3. The molecule has 0 saturated heterocycles. The van der Waals surface area contributed by atoms with Crippen LogP contribution in [-0.4, -0.2) is 26.8 Å². The van der Waals surface area contributed by atoms with E-state index in [1.54, 1.807) is 4.57 Å². The Labute approximate surface area is 169 Å². The molecule has 6 nitrogen and oxygen atoms in total. The van der Waals surface area contributed by atoms with Gasteiger partial charge in [-0.1, -0.05) is 35.9 Å². The summed E-state index contributed by atoms with van der Waals surface area (Å²) in [7, 11) is 0. The maximum atomic E-state index is 12.5. The fraction of sp³-hybridized carbons (Fsp3) is 0.286. The highest BCUT2D eigenvalue weighted by atomic mass is 32.1. The molecular weight excluding hydrogens is 372 g/mol. The molecular formula is C21H24N4O2S. The number of hydrogen-bond donors (Lipinski definition) is 2. The van der Waals surface area contributed by atoms with Crippen molar-refractivity contribution in [2.75, 3.05) is 0 Å². The largest absolute Gasteiger partial charge is 0.491 e. The summed E-state index contributed by atoms with van der Waals surface area (Å²) in [6.07, 6.45) is 0.132. The van der Waals surface area contributed by atoms with Crippen molar-refractivity contribution in [1.29, 1.82) is 0 Å². The van der Waals surface area contributed by atoms with Gasteiger partial charge in [0.2, 0.25) is 5.91 Å². The first-order chi connectivity index (χ1) is 13.4. The van der Waals surface area contributed by atoms with Crippen LogP contribution in [0.3, 0.4) is 0 Å². The van der Waals surface area contributed by atoms with Gasteiger partial charge in [-0.25, -0.2) is 0 Å². The van der Waals surface area contributed by atoms with Crippen LogP contribution < -0.4 is 10.1 Å². The van der Waals surface area contributed by atoms with E-state index in [4.69, 9.17) is 17.0 Å². The zero-order valence-corrected chi connectivity index (χ0v) is 17.0. The number of amides is 1. The van der Waals surface area contributed by atoms with E-state index in [0.29, 0.717) is 17.1 Å². The molecule has 2 aromatic carbocycles. The average molecular weight is 397 g/mol. The first-order valence-corrected chi connectivity index (χ1v) is 9.58. The summed E-state index contributed by atoms with van der Waals surface area (Å²) < 4.78 is 7.75. The van der Waals surface area contributed by atoms with Crippen LogP contribution in [0.25, 0.3) is 11.4 Å². The van der Waals surface area contributed by atoms with E-state index in [1.807, 2.05) is 69.3 Å². The summed E-state index contributed by atoms with van der Waals surface area (Å²) in [5, 5.41) is 9.99. The summed E-state index contributed by atoms with van der Waals surface area (Å²) in [6, 6.07) is 15.6. The summed E-state index contributed by atoms with van der Waals surface area (Å²) in [5.41, 5.74) is 3.03. The predicted octanol–water partition coefficient (Wildman–Crippen LogP) is 4.02. The van der Waals surface area contributed by atoms with Crippen LogP contribution in [-0.2, 0) is 17.9 Å². The lowest BCUT2D eigenvalue weighted by Gasteiger charge is -2.11. The van der Waals surface area contributed by atoms with Crippen LogP contribution in [0.4, 0.5) is 0 Å². The van der Waals surface area contributed by atoms with Gasteiger partial charge < -0.3 is 10.1 Å². The minimum absolute atomic E-state index is 0.104. The number of nitrogens with one attached hydrogen (secondary N) is 2. The second-order valence-electron chi connectivity index (χ2n) is 6.90. The molecule has 2 N–H and O–H groups in total. The lowest BCUT2D eigenvalue weighted by atomic mass is 10.1. The number of benzene rings is 2. The van der Waals surface area contributed by atoms with Crippen molar-refractivity contribution in [2.24, 2.45) is 0 Å². The molecule has 0 aliphatic heterocycles. The zero-order chi connectivity index (χ0) is 20.1. The molecule has 0 fully saturated rings. The Balaban J connectivity index is 1.64. The molecule has 0 aliphatic carbocycles. The van der Waals surface area contributed by atoms with E-state index in [-0.39, 0.29) is 18.6 Å². The standard InChI is InChI=1S/C21H24N4O2S/c1-14(2)27-18-9-7-16(8-10-18)12-22-19(26)13-25-20(23-24-21(25)28)17-6-4-5-15(3)11-17/h4-11,14H,12-13H2,1-3H3,(H,22,26)(H,24,28). The third-order valence-electron chi connectivity index (χ3n) is 4.12. The van der Waals surface area contributed by atoms with Crippen LogP contribution in [0.1, 0.15) is 25.0 Å². The number of rotatable bonds is 7. The monoisotopic (exact) mass is 396 g/mol. The van der Waals surface area contributed by atoms with Gasteiger partial charge in [0.05, 0.1) is 6.10 Å². The average Bonchev–Trinajstić information content (AvgIpc) is 3.01. The second kappa shape index (κ2) is 8.84. The summed E-state index contributed by atoms with van der Waals surface area (Å²) in [5.74, 6) is 1.34. The van der Waals surface area contributed by atoms with Crippen LogP contribution >= 0.6 is 12.2 Å². The topological polar surface area (TPSA) is 71.9 Å². The lowest BCUT2D eigenvalue weighted by molar-refractivity contribution is -0.121. The number of ether oxygens (including phenoxy) is 1. The van der Waals surface area contributed by atoms with Gasteiger partial charge in [-0.15, -0.1) is 0 Å². The van der Waals surface area contributed by atoms with E-state index < -0.39 is 0 Å². The molecule has 0 atom stereocenters. The zero-order valence-electron chi connectivity index (χ0n) is 16.2. The number of hydrogen-bond acceptors (Lipinski definition) is 4. The van der Waals surface area contributed by atoms with Crippen molar-refractivity contribution in [1.82, 2.24) is 20.1 Å². The minimum Gasteiger partial charge on any atom is -0.491 e. The molecule has 1 amide bonds. The van der Waals surface area contributed by atoms with Crippen molar-refractivity contribution in [3.63, 3.8) is 0 Å². The van der Waals surface area contributed by atoms with Gasteiger partial charge >= 0.3 is 0 Å². The summed E-state index contributed by atoms with van der Waals surface area (Å²) in [4.78, 5) is 12.5. The molecule has 0 saturated carbocycles. The fourth-order valence-corrected chi connectivity index (χ4v) is 3.02. The number of aryl methyl sites for hydroxylation is 1. The van der Waals surface area contributed by atoms with E-state index in [9.17, 15) is 4.79 Å². The summed E-state index contributed by atoms with van der Waals surface area (Å²) >= 11 is 5.30. The molecule has 28 heavy (non-hydrogen) atoms. The number of aromatic amines is 1. The molecule has 1 heterocycles. The maximum absolute atomic E-state index is 12.5. The van der Waals surface area contributed by atoms with E-state index in [2.05, 4.69) is 15.5 Å². The van der Waals surface area contributed by atoms with Crippen LogP contribution in [0.2, 0.25) is 0 Å². The SMILES string of the molecule is Cc1cccc(-c2n[nH]c(=S)n2CC(=O)NCc2ccc(OC(C)C)cc2)c1. The minimum atomic E-state index is -0.131. The Bertz CT molecular complexity index is 1010. The highest BCUT2D eigenvalue weighted by Crippen LogP contribution is 2.18. The van der Waals surface area contributed by atoms with Crippen molar-refractivity contribution in [3.8, 4) is 17.1 Å². The second-order valence-corrected chi connectivity index (χ2v) is 7.28. The highest BCUT2D eigenvalue weighted by molar-refractivity contribution is 7.71. The van der Waals surface area contributed by atoms with Crippen molar-refractivity contribution < 1.29 is 9.53 Å². The molecule has 3 aromatic rings. The van der Waals surface area contributed by atoms with E-state index in [0.717, 1.165) is 22.4 Å². The van der Waals surface area contributed by atoms with Gasteiger partial charge in [0.1, 0.15) is 12.3 Å². The smallest absolute Gasteiger partial charge is 0.240 e. The fourth-order valence-electron chi connectivity index (χ4n) is 2.83. The van der Waals surface area contributed by atoms with Crippen LogP contribution in [0.5, 0.6) is 5.75 Å². The molecule has 0 bridgehead atoms. The highest BCUT2D eigenvalue weighted by Gasteiger charge is 2.12. The van der Waals surface area contributed by atoms with Gasteiger partial charge in [0.15, 0.2) is 10.6 Å². The Morgan fingerprint density at radius 3 is 2.68 bits per heavy atom. The Hall–Kier alpha value is -2.93. The predicted molar refractivity (Wildman–Crippen MR) is 112 cm³/mol. The van der Waals surface area contributed by atoms with Crippen molar-refractivity contribution in [2.45, 2.75) is 40.0 Å². The maximum Gasteiger partial charge on any atom is 0.240 e. The normalized spacial score (nSPS) is 10.9. The third kappa shape index (κ3) is 5.07. The molecule has 0 radical (unpaired) electrons. The number of nitrogens with zero attached hydrogens (tertiary/aromatic N) is 2. The van der Waals surface area contributed by atoms with Crippen LogP contribution in [0, 0.1) is 11.7 Å². The number of H-pyrrole nitrogens is 1. The molecule has 7 heteroatoms. The molecule has 3 rings (SSSR count). The molecule has 0 aliphatic rings. The van der Waals surface area contributed by atoms with Gasteiger partial charge in [-0.2, -0.15) is 5.10 Å². The first-order valence-electron chi connectivity index (χ1n) is 9.17. The van der Waals surface area contributed by atoms with Gasteiger partial charge in [-0.05, 0) is 56.8 Å². The van der Waals surface area contributed by atoms with Gasteiger partial charge in [0, 0.05) is 12.1 Å². The summed E-state index contributed by atoms with van der Waals surface area (Å²) in [6.45, 7) is 6.53. The lowest BCUT2D eigenvalue weighted by Crippen LogP contribution is -2.27. The third-order valence-corrected chi connectivity index (χ3v) is 4.43. The number of carbonyl (C=O) groups is 1. The molecule has 146 valence electrons. The Morgan fingerprint density at radius 2 is 2.00 bits per heavy atom. The molecule has 1 aromatic heterocycles. The van der Waals surface area contributed by atoms with Gasteiger partial charge in [-0.3, -0.25) is 14.5 Å². The van der Waals surface area contributed by atoms with E-state index >= 15 is 0 Å². The van der Waals surface area contributed by atoms with Gasteiger partial charge in [0.25, 0.3) is 0 Å². The van der Waals surface area contributed by atoms with Crippen molar-refractivity contribution >= 4 is 18.1 Å². The van der Waals surface area contributed by atoms with Crippen LogP contribution in [0.15, 0.2) is 48.5 Å². The molecule has 0 spiro atoms. The Kier molecular flexibility index (Phi) is 6.26.